The summed E-state index contributed by atoms with van der Waals surface area (Å²) in [6, 6.07) is 0. The fraction of sp³-hybridized carbons (Fsp3) is 0.727. The van der Waals surface area contributed by atoms with Crippen LogP contribution in [0.25, 0.3) is 0 Å². The zero-order valence-electron chi connectivity index (χ0n) is 10.1. The van der Waals surface area contributed by atoms with Gasteiger partial charge < -0.3 is 4.74 Å². The van der Waals surface area contributed by atoms with Crippen LogP contribution in [0.4, 0.5) is 22.0 Å². The average Bonchev–Trinajstić information content (AvgIpc) is 2.21. The molecule has 0 rings (SSSR count). The number of hydrogen-bond donors (Lipinski definition) is 0. The Morgan fingerprint density at radius 2 is 1.72 bits per heavy atom. The Labute approximate surface area is 102 Å². The van der Waals surface area contributed by atoms with E-state index in [-0.39, 0.29) is 5.57 Å². The molecule has 18 heavy (non-hydrogen) atoms. The zero-order valence-corrected chi connectivity index (χ0v) is 10.1. The fourth-order valence-electron chi connectivity index (χ4n) is 1.05. The van der Waals surface area contributed by atoms with Gasteiger partial charge in [-0.2, -0.15) is 22.0 Å². The molecule has 0 aromatic rings. The minimum atomic E-state index is -5.90. The van der Waals surface area contributed by atoms with E-state index >= 15 is 0 Å². The highest BCUT2D eigenvalue weighted by molar-refractivity contribution is 5.87. The predicted molar refractivity (Wildman–Crippen MR) is 55.0 cm³/mol. The van der Waals surface area contributed by atoms with E-state index in [4.69, 9.17) is 0 Å². The monoisotopic (exact) mass is 274 g/mol. The number of carbonyl (C=O) groups is 1. The average molecular weight is 274 g/mol. The van der Waals surface area contributed by atoms with Crippen molar-refractivity contribution >= 4 is 5.97 Å². The Morgan fingerprint density at radius 3 is 2.17 bits per heavy atom. The molecule has 7 heteroatoms. The minimum Gasteiger partial charge on any atom is -0.390 e. The number of ether oxygens (including phenoxy) is 1. The van der Waals surface area contributed by atoms with Gasteiger partial charge in [0.05, 0.1) is 0 Å². The predicted octanol–water partition coefficient (Wildman–Crippen LogP) is 4.21. The Bertz CT molecular complexity index is 307. The number of hydrogen-bond acceptors (Lipinski definition) is 2. The van der Waals surface area contributed by atoms with Crippen LogP contribution in [-0.4, -0.2) is 18.3 Å². The lowest BCUT2D eigenvalue weighted by Crippen LogP contribution is -2.41. The van der Waals surface area contributed by atoms with Gasteiger partial charge in [-0.05, 0) is 19.8 Å². The lowest BCUT2D eigenvalue weighted by molar-refractivity contribution is -0.375. The van der Waals surface area contributed by atoms with Gasteiger partial charge in [0.15, 0.2) is 0 Å². The van der Waals surface area contributed by atoms with Crippen LogP contribution < -0.4 is 0 Å². The van der Waals surface area contributed by atoms with Crippen molar-refractivity contribution in [3.63, 3.8) is 0 Å². The van der Waals surface area contributed by atoms with Crippen molar-refractivity contribution in [2.75, 3.05) is 0 Å². The first-order chi connectivity index (χ1) is 8.12. The second-order valence-electron chi connectivity index (χ2n) is 3.79. The van der Waals surface area contributed by atoms with Gasteiger partial charge in [0.25, 0.3) is 0 Å². The zero-order chi connectivity index (χ0) is 14.4. The van der Waals surface area contributed by atoms with Gasteiger partial charge in [-0.25, -0.2) is 4.79 Å². The summed E-state index contributed by atoms with van der Waals surface area (Å²) in [6.07, 6.45) is -7.07. The van der Waals surface area contributed by atoms with Gasteiger partial charge in [0, 0.05) is 5.57 Å². The molecule has 0 saturated carbocycles. The second-order valence-corrected chi connectivity index (χ2v) is 3.79. The minimum absolute atomic E-state index is 0.255. The van der Waals surface area contributed by atoms with Crippen LogP contribution in [0.2, 0.25) is 0 Å². The summed E-state index contributed by atoms with van der Waals surface area (Å²) < 4.78 is 63.2. The van der Waals surface area contributed by atoms with E-state index in [2.05, 4.69) is 4.74 Å². The summed E-state index contributed by atoms with van der Waals surface area (Å²) in [6.45, 7) is 3.09. The Morgan fingerprint density at radius 1 is 1.17 bits per heavy atom. The third-order valence-electron chi connectivity index (χ3n) is 2.13. The van der Waals surface area contributed by atoms with E-state index in [0.717, 1.165) is 26.2 Å². The molecule has 0 N–H and O–H groups in total. The Hall–Kier alpha value is -1.14. The topological polar surface area (TPSA) is 26.3 Å². The van der Waals surface area contributed by atoms with Crippen LogP contribution in [0.5, 0.6) is 0 Å². The molecule has 106 valence electrons. The Balaban J connectivity index is 4.40. The lowest BCUT2D eigenvalue weighted by atomic mass is 10.1. The van der Waals surface area contributed by atoms with Crippen molar-refractivity contribution in [1.82, 2.24) is 0 Å². The van der Waals surface area contributed by atoms with Gasteiger partial charge in [-0.1, -0.05) is 25.8 Å². The first-order valence-corrected chi connectivity index (χ1v) is 5.46. The van der Waals surface area contributed by atoms with Crippen LogP contribution in [0.1, 0.15) is 39.5 Å². The second kappa shape index (κ2) is 6.70. The number of alkyl halides is 5. The van der Waals surface area contributed by atoms with E-state index in [1.165, 1.54) is 6.08 Å². The van der Waals surface area contributed by atoms with Gasteiger partial charge in [0.1, 0.15) is 0 Å². The molecule has 0 atom stereocenters. The van der Waals surface area contributed by atoms with Crippen molar-refractivity contribution in [1.29, 1.82) is 0 Å². The molecule has 0 bridgehead atoms. The van der Waals surface area contributed by atoms with Crippen molar-refractivity contribution in [2.45, 2.75) is 51.8 Å². The largest absolute Gasteiger partial charge is 0.501 e. The quantitative estimate of drug-likeness (QED) is 0.314. The van der Waals surface area contributed by atoms with Crippen molar-refractivity contribution < 1.29 is 31.5 Å². The first kappa shape index (κ1) is 16.9. The van der Waals surface area contributed by atoms with Crippen molar-refractivity contribution in [3.8, 4) is 0 Å². The van der Waals surface area contributed by atoms with Crippen LogP contribution in [0.3, 0.4) is 0 Å². The first-order valence-electron chi connectivity index (χ1n) is 5.46. The third-order valence-corrected chi connectivity index (χ3v) is 2.13. The van der Waals surface area contributed by atoms with Crippen LogP contribution >= 0.6 is 0 Å². The highest BCUT2D eigenvalue weighted by Gasteiger charge is 2.62. The molecule has 0 aromatic carbocycles. The maximum Gasteiger partial charge on any atom is 0.501 e. The number of esters is 1. The number of carbonyl (C=O) groups excluding carboxylic acids is 1. The molecular weight excluding hydrogens is 259 g/mol. The summed E-state index contributed by atoms with van der Waals surface area (Å²) in [7, 11) is 0. The molecule has 0 unspecified atom stereocenters. The molecular formula is C11H15F5O2. The van der Waals surface area contributed by atoms with Gasteiger partial charge in [-0.3, -0.25) is 0 Å². The molecule has 0 aliphatic carbocycles. The number of allylic oxidation sites excluding steroid dienone is 1. The Kier molecular flexibility index (Phi) is 6.28. The molecule has 0 aliphatic heterocycles. The molecule has 0 heterocycles. The van der Waals surface area contributed by atoms with E-state index in [1.54, 1.807) is 0 Å². The summed E-state index contributed by atoms with van der Waals surface area (Å²) in [5, 5.41) is 0. The standard InChI is InChI=1S/C11H15F5O2/c1-3-4-5-6-7-8(2)9(17)18-11(15,16)10(12,13)14/h7H,3-6H2,1-2H3. The van der Waals surface area contributed by atoms with Crippen LogP contribution in [0, 0.1) is 0 Å². The highest BCUT2D eigenvalue weighted by atomic mass is 19.4. The van der Waals surface area contributed by atoms with Crippen molar-refractivity contribution in [3.05, 3.63) is 11.6 Å². The third kappa shape index (κ3) is 5.46. The van der Waals surface area contributed by atoms with E-state index < -0.39 is 18.3 Å². The number of unbranched alkanes of at least 4 members (excludes halogenated alkanes) is 3. The van der Waals surface area contributed by atoms with E-state index in [9.17, 15) is 26.7 Å². The van der Waals surface area contributed by atoms with Gasteiger partial charge in [-0.15, -0.1) is 0 Å². The summed E-state index contributed by atoms with van der Waals surface area (Å²) in [5.41, 5.74) is -0.255. The normalized spacial score (nSPS) is 13.6. The fourth-order valence-corrected chi connectivity index (χ4v) is 1.05. The molecule has 0 saturated heterocycles. The lowest BCUT2D eigenvalue weighted by Gasteiger charge is -2.18. The molecule has 0 aromatic heterocycles. The van der Waals surface area contributed by atoms with Gasteiger partial charge >= 0.3 is 18.3 Å². The molecule has 0 radical (unpaired) electrons. The highest BCUT2D eigenvalue weighted by Crippen LogP contribution is 2.36. The van der Waals surface area contributed by atoms with Crippen LogP contribution in [-0.2, 0) is 9.53 Å². The molecule has 0 fully saturated rings. The molecule has 0 aliphatic rings. The maximum atomic E-state index is 12.4. The van der Waals surface area contributed by atoms with Crippen LogP contribution in [0.15, 0.2) is 11.6 Å². The van der Waals surface area contributed by atoms with E-state index in [1.807, 2.05) is 6.92 Å². The number of rotatable bonds is 6. The summed E-state index contributed by atoms with van der Waals surface area (Å²) >= 11 is 0. The molecule has 2 nitrogen and oxygen atoms in total. The SMILES string of the molecule is CCCCCC=C(C)C(=O)OC(F)(F)C(F)(F)F. The molecule has 0 spiro atoms. The number of halogens is 5. The smallest absolute Gasteiger partial charge is 0.390 e. The molecule has 0 amide bonds. The maximum absolute atomic E-state index is 12.4. The van der Waals surface area contributed by atoms with Gasteiger partial charge in [0.2, 0.25) is 0 Å². The van der Waals surface area contributed by atoms with Crippen molar-refractivity contribution in [2.24, 2.45) is 0 Å². The summed E-state index contributed by atoms with van der Waals surface area (Å²) in [4.78, 5) is 11.0. The van der Waals surface area contributed by atoms with E-state index in [0.29, 0.717) is 6.42 Å². The summed E-state index contributed by atoms with van der Waals surface area (Å²) in [5.74, 6) is -1.66.